The molecule has 0 saturated carbocycles. The van der Waals surface area contributed by atoms with E-state index in [-0.39, 0.29) is 13.0 Å². The molecule has 1 rings (SSSR count). The normalized spacial score (nSPS) is 11.7. The molecule has 0 saturated heterocycles. The lowest BCUT2D eigenvalue weighted by Crippen LogP contribution is -2.50. The van der Waals surface area contributed by atoms with Gasteiger partial charge in [0.1, 0.15) is 0 Å². The van der Waals surface area contributed by atoms with E-state index in [1.54, 1.807) is 25.1 Å². The van der Waals surface area contributed by atoms with Gasteiger partial charge in [-0.2, -0.15) is 10.5 Å². The van der Waals surface area contributed by atoms with Crippen molar-refractivity contribution in [3.05, 3.63) is 43.0 Å². The monoisotopic (exact) mass is 339 g/mol. The molecule has 132 valence electrons. The summed E-state index contributed by atoms with van der Waals surface area (Å²) in [4.78, 5) is 14.1. The lowest BCUT2D eigenvalue weighted by molar-refractivity contribution is 0.152. The van der Waals surface area contributed by atoms with Gasteiger partial charge in [0.15, 0.2) is 5.41 Å². The predicted octanol–water partition coefficient (Wildman–Crippen LogP) is 4.82. The number of carbonyl (C=O) groups is 1. The number of nitrogens with zero attached hydrogens (tertiary/aromatic N) is 3. The number of nitriles is 2. The number of allylic oxidation sites excluding steroid dienone is 1. The maximum atomic E-state index is 12.7. The van der Waals surface area contributed by atoms with Crippen LogP contribution in [0.4, 0.5) is 10.5 Å². The van der Waals surface area contributed by atoms with Crippen molar-refractivity contribution in [2.24, 2.45) is 5.41 Å². The van der Waals surface area contributed by atoms with E-state index in [0.717, 1.165) is 12.8 Å². The van der Waals surface area contributed by atoms with E-state index in [4.69, 9.17) is 4.74 Å². The highest BCUT2D eigenvalue weighted by molar-refractivity contribution is 5.88. The van der Waals surface area contributed by atoms with Crippen molar-refractivity contribution in [2.75, 3.05) is 11.5 Å². The molecule has 1 unspecified atom stereocenters. The van der Waals surface area contributed by atoms with E-state index < -0.39 is 17.6 Å². The van der Waals surface area contributed by atoms with E-state index in [1.165, 1.54) is 4.90 Å². The van der Waals surface area contributed by atoms with Crippen LogP contribution in [0.1, 0.15) is 39.5 Å². The average molecular weight is 339 g/mol. The molecule has 0 radical (unpaired) electrons. The maximum Gasteiger partial charge on any atom is 0.414 e. The van der Waals surface area contributed by atoms with E-state index in [1.807, 2.05) is 25.1 Å². The van der Waals surface area contributed by atoms with Crippen LogP contribution in [0.2, 0.25) is 0 Å². The molecule has 5 heteroatoms. The number of amides is 1. The summed E-state index contributed by atoms with van der Waals surface area (Å²) in [6.07, 6.45) is 3.39. The van der Waals surface area contributed by atoms with E-state index in [0.29, 0.717) is 12.1 Å². The van der Waals surface area contributed by atoms with Gasteiger partial charge >= 0.3 is 6.09 Å². The first-order valence-corrected chi connectivity index (χ1v) is 8.54. The number of anilines is 1. The lowest BCUT2D eigenvalue weighted by atomic mass is 9.76. The predicted molar refractivity (Wildman–Crippen MR) is 97.7 cm³/mol. The Labute approximate surface area is 150 Å². The Balaban J connectivity index is 3.48. The highest BCUT2D eigenvalue weighted by Crippen LogP contribution is 2.36. The van der Waals surface area contributed by atoms with Crippen LogP contribution in [0.5, 0.6) is 0 Å². The number of carbonyl (C=O) groups excluding carboxylic acids is 1. The van der Waals surface area contributed by atoms with E-state index >= 15 is 0 Å². The van der Waals surface area contributed by atoms with Crippen LogP contribution in [-0.4, -0.2) is 18.7 Å². The molecule has 1 amide bonds. The molecule has 0 spiro atoms. The molecule has 0 fully saturated rings. The minimum Gasteiger partial charge on any atom is -0.449 e. The van der Waals surface area contributed by atoms with Crippen molar-refractivity contribution in [3.8, 4) is 12.1 Å². The third kappa shape index (κ3) is 4.84. The summed E-state index contributed by atoms with van der Waals surface area (Å²) in [6, 6.07) is 12.7. The molecular formula is C20H25N3O2. The minimum atomic E-state index is -1.38. The number of rotatable bonds is 9. The van der Waals surface area contributed by atoms with Crippen molar-refractivity contribution < 1.29 is 9.53 Å². The second-order valence-electron chi connectivity index (χ2n) is 5.75. The van der Waals surface area contributed by atoms with Gasteiger partial charge in [-0.25, -0.2) is 4.79 Å². The first-order chi connectivity index (χ1) is 12.1. The maximum absolute atomic E-state index is 12.7. The highest BCUT2D eigenvalue weighted by Gasteiger charge is 2.44. The minimum absolute atomic E-state index is 0.178. The summed E-state index contributed by atoms with van der Waals surface area (Å²) in [5.41, 5.74) is -0.763. The van der Waals surface area contributed by atoms with Crippen LogP contribution < -0.4 is 4.90 Å². The number of para-hydroxylation sites is 1. The Morgan fingerprint density at radius 3 is 2.44 bits per heavy atom. The van der Waals surface area contributed by atoms with Gasteiger partial charge in [-0.1, -0.05) is 44.0 Å². The Kier molecular flexibility index (Phi) is 8.23. The molecule has 0 N–H and O–H groups in total. The standard InChI is InChI=1S/C20H25N3O2/c1-4-7-13-18(20(15-21,16-22)14-5-2)23(19(24)25-6-3)17-11-9-8-10-12-17/h5,8-12,18H,2,4,6-7,13-14H2,1,3H3. The quantitative estimate of drug-likeness (QED) is 0.604. The van der Waals surface area contributed by atoms with Crippen LogP contribution in [0.25, 0.3) is 0 Å². The Bertz CT molecular complexity index is 629. The van der Waals surface area contributed by atoms with Gasteiger partial charge in [-0.05, 0) is 31.9 Å². The van der Waals surface area contributed by atoms with Crippen molar-refractivity contribution in [1.29, 1.82) is 10.5 Å². The van der Waals surface area contributed by atoms with Crippen LogP contribution in [0.15, 0.2) is 43.0 Å². The molecule has 0 bridgehead atoms. The zero-order chi connectivity index (χ0) is 18.7. The topological polar surface area (TPSA) is 77.1 Å². The van der Waals surface area contributed by atoms with Crippen LogP contribution in [0.3, 0.4) is 0 Å². The van der Waals surface area contributed by atoms with Gasteiger partial charge in [0, 0.05) is 5.69 Å². The lowest BCUT2D eigenvalue weighted by Gasteiger charge is -2.37. The first-order valence-electron chi connectivity index (χ1n) is 8.54. The van der Waals surface area contributed by atoms with Crippen molar-refractivity contribution >= 4 is 11.8 Å². The molecule has 5 nitrogen and oxygen atoms in total. The number of hydrogen-bond donors (Lipinski definition) is 0. The zero-order valence-corrected chi connectivity index (χ0v) is 14.9. The SMILES string of the molecule is C=CCC(C#N)(C#N)C(CCCC)N(C(=O)OCC)c1ccccc1. The fourth-order valence-corrected chi connectivity index (χ4v) is 2.82. The third-order valence-corrected chi connectivity index (χ3v) is 4.08. The largest absolute Gasteiger partial charge is 0.449 e. The molecule has 0 aromatic heterocycles. The molecule has 0 aliphatic rings. The molecule has 1 atom stereocenters. The molecule has 1 aromatic rings. The number of benzene rings is 1. The van der Waals surface area contributed by atoms with E-state index in [2.05, 4.69) is 18.7 Å². The molecule has 0 aliphatic heterocycles. The Morgan fingerprint density at radius 1 is 1.32 bits per heavy atom. The molecule has 25 heavy (non-hydrogen) atoms. The molecule has 0 heterocycles. The fraction of sp³-hybridized carbons (Fsp3) is 0.450. The Morgan fingerprint density at radius 2 is 1.96 bits per heavy atom. The van der Waals surface area contributed by atoms with Gasteiger partial charge in [-0.15, -0.1) is 6.58 Å². The highest BCUT2D eigenvalue weighted by atomic mass is 16.6. The van der Waals surface area contributed by atoms with Crippen LogP contribution in [0, 0.1) is 28.1 Å². The smallest absolute Gasteiger partial charge is 0.414 e. The number of ether oxygens (including phenoxy) is 1. The third-order valence-electron chi connectivity index (χ3n) is 4.08. The Hall–Kier alpha value is -2.79. The molecular weight excluding hydrogens is 314 g/mol. The van der Waals surface area contributed by atoms with Gasteiger partial charge in [0.25, 0.3) is 0 Å². The second-order valence-corrected chi connectivity index (χ2v) is 5.75. The summed E-state index contributed by atoms with van der Waals surface area (Å²) in [5, 5.41) is 19.6. The number of unbranched alkanes of at least 4 members (excludes halogenated alkanes) is 1. The first kappa shape index (κ1) is 20.3. The summed E-state index contributed by atoms with van der Waals surface area (Å²) in [6.45, 7) is 7.66. The van der Waals surface area contributed by atoms with Gasteiger partial charge in [-0.3, -0.25) is 4.90 Å². The van der Waals surface area contributed by atoms with Gasteiger partial charge in [0.05, 0.1) is 24.8 Å². The van der Waals surface area contributed by atoms with Crippen molar-refractivity contribution in [1.82, 2.24) is 0 Å². The summed E-state index contributed by atoms with van der Waals surface area (Å²) < 4.78 is 5.22. The summed E-state index contributed by atoms with van der Waals surface area (Å²) in [7, 11) is 0. The van der Waals surface area contributed by atoms with Crippen LogP contribution in [-0.2, 0) is 4.74 Å². The second kappa shape index (κ2) is 10.2. The summed E-state index contributed by atoms with van der Waals surface area (Å²) in [5.74, 6) is 0. The van der Waals surface area contributed by atoms with Gasteiger partial charge in [0.2, 0.25) is 0 Å². The van der Waals surface area contributed by atoms with Crippen molar-refractivity contribution in [3.63, 3.8) is 0 Å². The summed E-state index contributed by atoms with van der Waals surface area (Å²) >= 11 is 0. The zero-order valence-electron chi connectivity index (χ0n) is 14.9. The molecule has 0 aliphatic carbocycles. The van der Waals surface area contributed by atoms with Gasteiger partial charge < -0.3 is 4.74 Å². The van der Waals surface area contributed by atoms with E-state index in [9.17, 15) is 15.3 Å². The number of hydrogen-bond acceptors (Lipinski definition) is 4. The van der Waals surface area contributed by atoms with Crippen LogP contribution >= 0.6 is 0 Å². The fourth-order valence-electron chi connectivity index (χ4n) is 2.82. The molecule has 1 aromatic carbocycles. The van der Waals surface area contributed by atoms with Crippen molar-refractivity contribution in [2.45, 2.75) is 45.6 Å². The average Bonchev–Trinajstić information content (AvgIpc) is 2.64.